The average molecular weight is 287 g/mol. The van der Waals surface area contributed by atoms with Gasteiger partial charge in [-0.15, -0.1) is 0 Å². The average Bonchev–Trinajstić information content (AvgIpc) is 2.57. The molecule has 0 atom stereocenters. The minimum atomic E-state index is -0.0212. The molecule has 0 aromatic carbocycles. The smallest absolute Gasteiger partial charge is 0.270 e. The Morgan fingerprint density at radius 3 is 2.43 bits per heavy atom. The third-order valence-electron chi connectivity index (χ3n) is 4.64. The summed E-state index contributed by atoms with van der Waals surface area (Å²) in [7, 11) is 0. The van der Waals surface area contributed by atoms with E-state index < -0.39 is 0 Å². The number of hydrogen-bond acceptors (Lipinski definition) is 3. The van der Waals surface area contributed by atoms with Gasteiger partial charge in [-0.2, -0.15) is 0 Å². The Balaban J connectivity index is 1.58. The van der Waals surface area contributed by atoms with Crippen molar-refractivity contribution in [1.82, 2.24) is 10.3 Å². The van der Waals surface area contributed by atoms with Crippen LogP contribution in [0.3, 0.4) is 0 Å². The van der Waals surface area contributed by atoms with Crippen LogP contribution >= 0.6 is 0 Å². The number of nitrogens with zero attached hydrogens (tertiary/aromatic N) is 2. The number of nitrogens with one attached hydrogen (secondary N) is 1. The maximum atomic E-state index is 12.2. The number of piperidine rings is 1. The largest absolute Gasteiger partial charge is 0.370 e. The molecule has 21 heavy (non-hydrogen) atoms. The van der Waals surface area contributed by atoms with Crippen molar-refractivity contribution in [2.75, 3.05) is 18.0 Å². The molecule has 0 bridgehead atoms. The molecule has 1 aliphatic carbocycles. The Bertz CT molecular complexity index is 459. The maximum absolute atomic E-state index is 12.2. The number of carbonyl (C=O) groups is 1. The fourth-order valence-corrected chi connectivity index (χ4v) is 3.37. The van der Waals surface area contributed by atoms with E-state index >= 15 is 0 Å². The van der Waals surface area contributed by atoms with E-state index in [1.807, 2.05) is 18.3 Å². The standard InChI is InChI=1S/C17H25N3O/c21-17(19-14-7-3-1-4-8-14)16-10-9-15(13-18-16)20-11-5-2-6-12-20/h9-10,13-14H,1-8,11-12H2,(H,19,21). The molecule has 114 valence electrons. The van der Waals surface area contributed by atoms with Crippen molar-refractivity contribution in [3.05, 3.63) is 24.0 Å². The summed E-state index contributed by atoms with van der Waals surface area (Å²) in [6.45, 7) is 2.21. The molecule has 2 fully saturated rings. The number of amides is 1. The third kappa shape index (κ3) is 3.74. The van der Waals surface area contributed by atoms with Crippen molar-refractivity contribution < 1.29 is 4.79 Å². The topological polar surface area (TPSA) is 45.2 Å². The van der Waals surface area contributed by atoms with E-state index in [0.29, 0.717) is 11.7 Å². The lowest BCUT2D eigenvalue weighted by Gasteiger charge is -2.28. The van der Waals surface area contributed by atoms with Crippen LogP contribution in [0.5, 0.6) is 0 Å². The van der Waals surface area contributed by atoms with Crippen LogP contribution in [0.4, 0.5) is 5.69 Å². The van der Waals surface area contributed by atoms with Crippen molar-refractivity contribution in [3.63, 3.8) is 0 Å². The highest BCUT2D eigenvalue weighted by Crippen LogP contribution is 2.20. The Labute approximate surface area is 126 Å². The first-order chi connectivity index (χ1) is 10.3. The van der Waals surface area contributed by atoms with Gasteiger partial charge >= 0.3 is 0 Å². The van der Waals surface area contributed by atoms with E-state index in [4.69, 9.17) is 0 Å². The zero-order chi connectivity index (χ0) is 14.5. The molecule has 2 heterocycles. The van der Waals surface area contributed by atoms with Crippen LogP contribution in [0.15, 0.2) is 18.3 Å². The molecule has 1 amide bonds. The molecule has 1 saturated heterocycles. The molecule has 1 saturated carbocycles. The summed E-state index contributed by atoms with van der Waals surface area (Å²) in [5, 5.41) is 3.12. The number of anilines is 1. The molecule has 1 aliphatic heterocycles. The highest BCUT2D eigenvalue weighted by atomic mass is 16.1. The second-order valence-electron chi connectivity index (χ2n) is 6.26. The zero-order valence-electron chi connectivity index (χ0n) is 12.7. The first kappa shape index (κ1) is 14.4. The Morgan fingerprint density at radius 2 is 1.76 bits per heavy atom. The first-order valence-electron chi connectivity index (χ1n) is 8.35. The van der Waals surface area contributed by atoms with Gasteiger partial charge in [0.05, 0.1) is 11.9 Å². The van der Waals surface area contributed by atoms with Gasteiger partial charge in [-0.3, -0.25) is 4.79 Å². The molecule has 4 heteroatoms. The zero-order valence-corrected chi connectivity index (χ0v) is 12.7. The number of hydrogen-bond donors (Lipinski definition) is 1. The summed E-state index contributed by atoms with van der Waals surface area (Å²) >= 11 is 0. The number of carbonyl (C=O) groups excluding carboxylic acids is 1. The van der Waals surface area contributed by atoms with Crippen LogP contribution in [0, 0.1) is 0 Å². The number of rotatable bonds is 3. The van der Waals surface area contributed by atoms with E-state index in [1.165, 1.54) is 38.5 Å². The molecular weight excluding hydrogens is 262 g/mol. The van der Waals surface area contributed by atoms with Crippen LogP contribution in [0.1, 0.15) is 61.9 Å². The number of pyridine rings is 1. The fourth-order valence-electron chi connectivity index (χ4n) is 3.37. The van der Waals surface area contributed by atoms with Gasteiger partial charge in [0.25, 0.3) is 5.91 Å². The molecule has 1 N–H and O–H groups in total. The maximum Gasteiger partial charge on any atom is 0.270 e. The predicted octanol–water partition coefficient (Wildman–Crippen LogP) is 3.13. The second-order valence-corrected chi connectivity index (χ2v) is 6.26. The van der Waals surface area contributed by atoms with Crippen LogP contribution in [-0.4, -0.2) is 30.0 Å². The molecule has 3 rings (SSSR count). The molecular formula is C17H25N3O. The van der Waals surface area contributed by atoms with E-state index in [9.17, 15) is 4.79 Å². The molecule has 0 radical (unpaired) electrons. The molecule has 1 aromatic heterocycles. The normalized spacial score (nSPS) is 20.3. The van der Waals surface area contributed by atoms with Gasteiger partial charge in [0.15, 0.2) is 0 Å². The van der Waals surface area contributed by atoms with Crippen molar-refractivity contribution in [2.45, 2.75) is 57.4 Å². The lowest BCUT2D eigenvalue weighted by Crippen LogP contribution is -2.36. The Hall–Kier alpha value is -1.58. The van der Waals surface area contributed by atoms with Gasteiger partial charge in [-0.05, 0) is 44.2 Å². The summed E-state index contributed by atoms with van der Waals surface area (Å²) < 4.78 is 0. The lowest BCUT2D eigenvalue weighted by molar-refractivity contribution is 0.0922. The monoisotopic (exact) mass is 287 g/mol. The van der Waals surface area contributed by atoms with Gasteiger partial charge in [0.1, 0.15) is 5.69 Å². The third-order valence-corrected chi connectivity index (χ3v) is 4.64. The van der Waals surface area contributed by atoms with Crippen molar-refractivity contribution in [1.29, 1.82) is 0 Å². The lowest BCUT2D eigenvalue weighted by atomic mass is 9.95. The van der Waals surface area contributed by atoms with E-state index in [1.54, 1.807) is 0 Å². The van der Waals surface area contributed by atoms with Gasteiger partial charge in [-0.1, -0.05) is 19.3 Å². The van der Waals surface area contributed by atoms with E-state index in [-0.39, 0.29) is 5.91 Å². The predicted molar refractivity (Wildman–Crippen MR) is 84.6 cm³/mol. The van der Waals surface area contributed by atoms with Gasteiger partial charge in [0.2, 0.25) is 0 Å². The molecule has 4 nitrogen and oxygen atoms in total. The summed E-state index contributed by atoms with van der Waals surface area (Å²) in [4.78, 5) is 18.9. The van der Waals surface area contributed by atoms with E-state index in [0.717, 1.165) is 31.6 Å². The van der Waals surface area contributed by atoms with Crippen LogP contribution < -0.4 is 10.2 Å². The number of aromatic nitrogens is 1. The Kier molecular flexibility index (Phi) is 4.73. The molecule has 1 aromatic rings. The van der Waals surface area contributed by atoms with Crippen molar-refractivity contribution in [2.24, 2.45) is 0 Å². The van der Waals surface area contributed by atoms with Crippen LogP contribution in [0.2, 0.25) is 0 Å². The Morgan fingerprint density at radius 1 is 1.05 bits per heavy atom. The first-order valence-corrected chi connectivity index (χ1v) is 8.35. The van der Waals surface area contributed by atoms with E-state index in [2.05, 4.69) is 15.2 Å². The van der Waals surface area contributed by atoms with Gasteiger partial charge < -0.3 is 10.2 Å². The summed E-state index contributed by atoms with van der Waals surface area (Å²) in [5.74, 6) is -0.0212. The summed E-state index contributed by atoms with van der Waals surface area (Å²) in [6, 6.07) is 4.24. The van der Waals surface area contributed by atoms with Crippen molar-refractivity contribution in [3.8, 4) is 0 Å². The molecule has 0 spiro atoms. The highest BCUT2D eigenvalue weighted by molar-refractivity contribution is 5.92. The van der Waals surface area contributed by atoms with Crippen LogP contribution in [0.25, 0.3) is 0 Å². The SMILES string of the molecule is O=C(NC1CCCCC1)c1ccc(N2CCCCC2)cn1. The molecule has 2 aliphatic rings. The molecule has 0 unspecified atom stereocenters. The van der Waals surface area contributed by atoms with Gasteiger partial charge in [-0.25, -0.2) is 4.98 Å². The van der Waals surface area contributed by atoms with Crippen molar-refractivity contribution >= 4 is 11.6 Å². The quantitative estimate of drug-likeness (QED) is 0.929. The minimum absolute atomic E-state index is 0.0212. The van der Waals surface area contributed by atoms with Crippen LogP contribution in [-0.2, 0) is 0 Å². The minimum Gasteiger partial charge on any atom is -0.370 e. The summed E-state index contributed by atoms with van der Waals surface area (Å²) in [5.41, 5.74) is 1.69. The fraction of sp³-hybridized carbons (Fsp3) is 0.647. The van der Waals surface area contributed by atoms with Gasteiger partial charge in [0, 0.05) is 19.1 Å². The highest BCUT2D eigenvalue weighted by Gasteiger charge is 2.18. The summed E-state index contributed by atoms with van der Waals surface area (Å²) in [6.07, 6.45) is 11.7. The second kappa shape index (κ2) is 6.92.